The van der Waals surface area contributed by atoms with E-state index in [0.29, 0.717) is 30.4 Å². The van der Waals surface area contributed by atoms with Gasteiger partial charge in [0.2, 0.25) is 0 Å². The van der Waals surface area contributed by atoms with Gasteiger partial charge < -0.3 is 40.9 Å². The quantitative estimate of drug-likeness (QED) is 0.0181. The van der Waals surface area contributed by atoms with Crippen molar-refractivity contribution in [3.05, 3.63) is 286 Å². The Morgan fingerprint density at radius 1 is 0.351 bits per heavy atom. The number of fused-ring (bicyclic) bond motifs is 4. The van der Waals surface area contributed by atoms with Gasteiger partial charge in [-0.05, 0) is 76.2 Å². The second-order valence-electron chi connectivity index (χ2n) is 39.4. The number of pyridine rings is 4. The summed E-state index contributed by atoms with van der Waals surface area (Å²) in [5.74, 6) is 21.9. The van der Waals surface area contributed by atoms with Crippen LogP contribution in [0.2, 0.25) is 67.1 Å². The summed E-state index contributed by atoms with van der Waals surface area (Å²) < 4.78 is 6.25. The zero-order chi connectivity index (χ0) is 97.6. The first-order chi connectivity index (χ1) is 60.7. The van der Waals surface area contributed by atoms with Gasteiger partial charge in [-0.1, -0.05) is 55.4 Å². The van der Waals surface area contributed by atoms with E-state index in [1.165, 1.54) is 96.9 Å². The van der Waals surface area contributed by atoms with Gasteiger partial charge >= 0.3 is 568 Å². The maximum atomic E-state index is 9.47. The van der Waals surface area contributed by atoms with E-state index in [9.17, 15) is 20.4 Å². The second-order valence-corrected chi connectivity index (χ2v) is 81.7. The fourth-order valence-electron chi connectivity index (χ4n) is 14.4. The molecule has 12 nitrogen and oxygen atoms in total. The van der Waals surface area contributed by atoms with E-state index in [1.54, 1.807) is 37.5 Å². The van der Waals surface area contributed by atoms with Gasteiger partial charge in [-0.25, -0.2) is 0 Å². The molecule has 0 aliphatic carbocycles. The van der Waals surface area contributed by atoms with Crippen molar-refractivity contribution in [2.75, 3.05) is 0 Å². The molecule has 0 saturated heterocycles. The summed E-state index contributed by atoms with van der Waals surface area (Å²) >= 11 is -7.39. The molecule has 0 amide bonds. The third-order valence-corrected chi connectivity index (χ3v) is 54.0. The largest absolute Gasteiger partial charge is 0 e. The van der Waals surface area contributed by atoms with E-state index >= 15 is 0 Å². The number of rotatable bonds is 22. The molecule has 0 saturated carbocycles. The maximum Gasteiger partial charge on any atom is 0 e. The Balaban J connectivity index is 0.000000788. The number of nitrogens with zero attached hydrogens (tertiary/aromatic N) is 4. The van der Waals surface area contributed by atoms with Crippen molar-refractivity contribution >= 4 is 114 Å². The van der Waals surface area contributed by atoms with E-state index in [1.807, 2.05) is 41.5 Å². The number of benzene rings is 8. The minimum Gasteiger partial charge on any atom is 0 e. The molecule has 20 heteroatoms. The summed E-state index contributed by atoms with van der Waals surface area (Å²) in [7, 11) is 0. The van der Waals surface area contributed by atoms with Crippen LogP contribution >= 0.6 is 0 Å². The van der Waals surface area contributed by atoms with Gasteiger partial charge in [0.05, 0.1) is 47.5 Å². The number of aromatic nitrogens is 4. The number of hydrogen-bond donors (Lipinski definition) is 8. The molecule has 4 radical (unpaired) electrons. The summed E-state index contributed by atoms with van der Waals surface area (Å²) in [6.07, 6.45) is 5.04. The van der Waals surface area contributed by atoms with Gasteiger partial charge in [0, 0.05) is 92.8 Å². The number of hydrogen-bond acceptors (Lipinski definition) is 12. The van der Waals surface area contributed by atoms with Crippen LogP contribution in [0.4, 0.5) is 0 Å². The summed E-state index contributed by atoms with van der Waals surface area (Å²) in [5, 5.41) is 81.6. The van der Waals surface area contributed by atoms with Crippen molar-refractivity contribution in [1.82, 2.24) is 19.9 Å². The monoisotopic (exact) mass is 2780 g/mol. The van der Waals surface area contributed by atoms with Crippen molar-refractivity contribution in [2.24, 2.45) is 23.7 Å². The molecule has 0 aliphatic heterocycles. The average Bonchev–Trinajstić information content (AvgIpc) is 0.794. The molecule has 0 aliphatic rings. The minimum absolute atomic E-state index is 0. The summed E-state index contributed by atoms with van der Waals surface area (Å²) in [5.41, 5.74) is 22.4. The number of aliphatic hydroxyl groups excluding tert-OH is 8. The van der Waals surface area contributed by atoms with Gasteiger partial charge in [0.15, 0.2) is 0 Å². The molecule has 4 aromatic heterocycles. The Morgan fingerprint density at radius 2 is 0.657 bits per heavy atom. The van der Waals surface area contributed by atoms with Gasteiger partial charge in [-0.3, -0.25) is 0 Å². The molecule has 12 aromatic rings. The predicted molar refractivity (Wildman–Crippen MR) is 571 cm³/mol. The molecule has 8 aromatic carbocycles. The molecule has 12 rings (SSSR count). The van der Waals surface area contributed by atoms with Crippen LogP contribution in [0.3, 0.4) is 0 Å². The van der Waals surface area contributed by atoms with Crippen LogP contribution in [0, 0.1) is 103 Å². The van der Waals surface area contributed by atoms with Crippen LogP contribution in [0.25, 0.3) is 88.6 Å². The van der Waals surface area contributed by atoms with Gasteiger partial charge in [0.25, 0.3) is 0 Å². The molecule has 736 valence electrons. The molecule has 4 unspecified atom stereocenters. The van der Waals surface area contributed by atoms with Crippen molar-refractivity contribution < 1.29 is 121 Å². The van der Waals surface area contributed by atoms with E-state index in [0.717, 1.165) is 89.4 Å². The molecule has 4 heterocycles. The number of aryl methyl sites for hydroxylation is 8. The van der Waals surface area contributed by atoms with E-state index in [-0.39, 0.29) is 110 Å². The van der Waals surface area contributed by atoms with Crippen molar-refractivity contribution in [3.8, 4) is 45.0 Å². The summed E-state index contributed by atoms with van der Waals surface area (Å²) in [4.78, 5) is 19.5. The molecule has 0 bridgehead atoms. The first-order valence-corrected chi connectivity index (χ1v) is 73.6. The van der Waals surface area contributed by atoms with E-state index in [4.69, 9.17) is 40.4 Å². The standard InChI is InChI=1S/4C21H24GeN.C11H22O2.C9H18O2.2C5H10O2.4Ir/c3*1-6-22(4,5)19-8-10-20-17(14-19)7-9-21(23-20)18-12-15(2)11-16(3)13-18;1-6-22(4,5)19-8-7-9-21-18(19)10-11-20(23-21)17-13-15(2)12-16(3)14-17;1-8(2)5-10(12)7-11(13)6-9(3)4;1-6(2)8(10)5-9(11)7(3)4;2*1-4(6)3-5(2)7;;;;/h3*7-12,14H,6H2,1-5H3;7-13H,6H2,1-5H3;7-10,12-13H,5-6H2,1-4H3;5-8,10-11H,1-4H3;2*3-4,6-7H,1-2H3;;;;/q4*-1;;;;;;;;. The average molecular weight is 2770 g/mol. The van der Waals surface area contributed by atoms with Crippen molar-refractivity contribution in [2.45, 2.75) is 270 Å². The van der Waals surface area contributed by atoms with Crippen molar-refractivity contribution in [1.29, 1.82) is 0 Å². The van der Waals surface area contributed by atoms with Crippen molar-refractivity contribution in [3.63, 3.8) is 0 Å². The predicted octanol–water partition coefficient (Wildman–Crippen LogP) is 27.6. The van der Waals surface area contributed by atoms with Gasteiger partial charge in [-0.2, -0.15) is 0 Å². The fraction of sp³-hybridized carbons (Fsp3) is 0.404. The third-order valence-electron chi connectivity index (χ3n) is 23.4. The Kier molecular flexibility index (Phi) is 56.2. The first-order valence-electron chi connectivity index (χ1n) is 46.6. The van der Waals surface area contributed by atoms with E-state index in [2.05, 4.69) is 337 Å². The fourth-order valence-corrected chi connectivity index (χ4v) is 27.7. The van der Waals surface area contributed by atoms with Crippen LogP contribution in [0.1, 0.15) is 168 Å². The minimum atomic E-state index is -1.92. The first kappa shape index (κ1) is 126. The maximum absolute atomic E-state index is 9.47. The SMILES string of the molecule is CC(C)C(O)=CC(O)C(C)C.CC(C)CC(O)=CC(O)CC(C)C.CC(O)=CC(C)O.CC(O)=CC(C)O.C[CH2][Ge]([CH3])([CH3])[c]1ccc2nc(-c3[c-]c(C)cc(C)c3)ccc2c1.C[CH2][Ge]([CH3])([CH3])[c]1ccc2nc(-c3[c-]c(C)cc(C)c3)ccc2c1.C[CH2][Ge]([CH3])([CH3])[c]1ccc2nc(-c3[c-]c(C)cc(C)c3)ccc2c1.C[CH2][Ge]([CH3])([CH3])[c]1cccc2nc(-c3[c-]c(C)cc(C)c3)ccc12.[Ir].[Ir].[Ir].[Ir]. The van der Waals surface area contributed by atoms with Gasteiger partial charge in [-0.15, -0.1) is 0 Å². The second kappa shape index (κ2) is 59.7. The molecule has 0 fully saturated rings. The molecular weight excluding hydrogens is 2610 g/mol. The Labute approximate surface area is 871 Å². The molecule has 8 N–H and O–H groups in total. The molecule has 0 spiro atoms. The topological polar surface area (TPSA) is 213 Å². The van der Waals surface area contributed by atoms with Crippen LogP contribution in [0.5, 0.6) is 0 Å². The summed E-state index contributed by atoms with van der Waals surface area (Å²) in [6, 6.07) is 75.6. The smallest absolute Gasteiger partial charge is 0 e. The van der Waals surface area contributed by atoms with E-state index < -0.39 is 77.5 Å². The number of aliphatic hydroxyl groups is 8. The van der Waals surface area contributed by atoms with Crippen LogP contribution in [-0.2, 0) is 80.4 Å². The van der Waals surface area contributed by atoms with Crippen LogP contribution in [0.15, 0.2) is 217 Å². The van der Waals surface area contributed by atoms with Crippen LogP contribution in [-0.4, -0.2) is 138 Å². The Hall–Kier alpha value is -5.83. The summed E-state index contributed by atoms with van der Waals surface area (Å²) in [6.45, 7) is 48.1. The zero-order valence-electron chi connectivity index (χ0n) is 86.0. The molecule has 4 atom stereocenters. The Bertz CT molecular complexity index is 5340. The molecular formula is C114H156Ge4Ir4N4O8-4. The third kappa shape index (κ3) is 42.7. The van der Waals surface area contributed by atoms with Crippen LogP contribution < -0.4 is 17.6 Å². The van der Waals surface area contributed by atoms with Gasteiger partial charge in [0.1, 0.15) is 0 Å². The Morgan fingerprint density at radius 3 is 0.910 bits per heavy atom. The number of allylic oxidation sites excluding steroid dienone is 4. The molecule has 134 heavy (non-hydrogen) atoms. The zero-order valence-corrected chi connectivity index (χ0v) is 104. The normalized spacial score (nSPS) is 12.7.